The van der Waals surface area contributed by atoms with Gasteiger partial charge >= 0.3 is 5.97 Å². The smallest absolute Gasteiger partial charge is 0.306 e. The van der Waals surface area contributed by atoms with E-state index >= 15 is 0 Å². The summed E-state index contributed by atoms with van der Waals surface area (Å²) in [6.45, 7) is 5.36. The van der Waals surface area contributed by atoms with Crippen molar-refractivity contribution >= 4 is 11.9 Å². The van der Waals surface area contributed by atoms with Crippen molar-refractivity contribution in [2.45, 2.75) is 63.9 Å². The molecule has 0 aliphatic carbocycles. The van der Waals surface area contributed by atoms with Crippen molar-refractivity contribution in [1.29, 1.82) is 0 Å². The summed E-state index contributed by atoms with van der Waals surface area (Å²) >= 11 is 0. The number of rotatable bonds is 6. The molecule has 1 aliphatic heterocycles. The molecule has 1 aliphatic rings. The minimum atomic E-state index is -1.03. The molecule has 0 unspecified atom stereocenters. The van der Waals surface area contributed by atoms with E-state index in [1.165, 1.54) is 4.90 Å². The van der Waals surface area contributed by atoms with Gasteiger partial charge in [0.2, 0.25) is 5.91 Å². The van der Waals surface area contributed by atoms with Gasteiger partial charge in [0, 0.05) is 13.0 Å². The Morgan fingerprint density at radius 2 is 1.78 bits per heavy atom. The number of methoxy groups -OCH3 is 1. The first kappa shape index (κ1) is 21.2. The van der Waals surface area contributed by atoms with Crippen molar-refractivity contribution in [2.75, 3.05) is 13.7 Å². The molecule has 7 nitrogen and oxygen atoms in total. The van der Waals surface area contributed by atoms with E-state index in [1.54, 1.807) is 27.9 Å². The summed E-state index contributed by atoms with van der Waals surface area (Å²) < 4.78 is 10.3. The summed E-state index contributed by atoms with van der Waals surface area (Å²) in [5, 5.41) is 20.3. The predicted molar refractivity (Wildman–Crippen MR) is 99.3 cm³/mol. The molecule has 1 amide bonds. The lowest BCUT2D eigenvalue weighted by Gasteiger charge is -2.26. The largest absolute Gasteiger partial charge is 0.497 e. The lowest BCUT2D eigenvalue weighted by atomic mass is 10.0. The summed E-state index contributed by atoms with van der Waals surface area (Å²) in [5.41, 5.74) is 0.316. The van der Waals surface area contributed by atoms with Gasteiger partial charge in [0.1, 0.15) is 17.5 Å². The SMILES string of the molecule is COc1ccc(C[C@@H]2[C@H](O)[C@@H](O)CN2C(=O)CCC(=O)OC(C)(C)C)cc1. The monoisotopic (exact) mass is 379 g/mol. The Hall–Kier alpha value is -2.12. The summed E-state index contributed by atoms with van der Waals surface area (Å²) in [7, 11) is 1.58. The lowest BCUT2D eigenvalue weighted by molar-refractivity contribution is -0.156. The van der Waals surface area contributed by atoms with Gasteiger partial charge in [-0.15, -0.1) is 0 Å². The minimum Gasteiger partial charge on any atom is -0.497 e. The maximum atomic E-state index is 12.6. The number of carbonyl (C=O) groups excluding carboxylic acids is 2. The second-order valence-corrected chi connectivity index (χ2v) is 7.81. The number of β-amino-alcohol motifs (C(OH)–C–C–N with tert-alkyl or cyclic N) is 1. The molecule has 1 saturated heterocycles. The van der Waals surface area contributed by atoms with Gasteiger partial charge in [-0.05, 0) is 44.9 Å². The van der Waals surface area contributed by atoms with Gasteiger partial charge in [-0.3, -0.25) is 9.59 Å². The number of hydrogen-bond acceptors (Lipinski definition) is 6. The highest BCUT2D eigenvalue weighted by molar-refractivity contribution is 5.82. The number of amides is 1. The number of aliphatic hydroxyl groups is 2. The molecular formula is C20H29NO6. The maximum Gasteiger partial charge on any atom is 0.306 e. The van der Waals surface area contributed by atoms with Crippen molar-refractivity contribution in [1.82, 2.24) is 4.90 Å². The Labute approximate surface area is 159 Å². The molecule has 27 heavy (non-hydrogen) atoms. The summed E-state index contributed by atoms with van der Waals surface area (Å²) in [6, 6.07) is 6.79. The highest BCUT2D eigenvalue weighted by atomic mass is 16.6. The molecule has 1 heterocycles. The van der Waals surface area contributed by atoms with Crippen LogP contribution in [0, 0.1) is 0 Å². The van der Waals surface area contributed by atoms with Crippen LogP contribution in [0.3, 0.4) is 0 Å². The van der Waals surface area contributed by atoms with Gasteiger partial charge < -0.3 is 24.6 Å². The summed E-state index contributed by atoms with van der Waals surface area (Å²) in [4.78, 5) is 25.9. The molecule has 7 heteroatoms. The van der Waals surface area contributed by atoms with Crippen molar-refractivity contribution in [3.8, 4) is 5.75 Å². The van der Waals surface area contributed by atoms with E-state index in [0.717, 1.165) is 11.3 Å². The van der Waals surface area contributed by atoms with Crippen LogP contribution < -0.4 is 4.74 Å². The van der Waals surface area contributed by atoms with E-state index in [9.17, 15) is 19.8 Å². The molecular weight excluding hydrogens is 350 g/mol. The third kappa shape index (κ3) is 5.94. The van der Waals surface area contributed by atoms with E-state index in [-0.39, 0.29) is 25.3 Å². The van der Waals surface area contributed by atoms with Gasteiger partial charge in [-0.1, -0.05) is 12.1 Å². The molecule has 0 bridgehead atoms. The Bertz CT molecular complexity index is 651. The second-order valence-electron chi connectivity index (χ2n) is 7.81. The van der Waals surface area contributed by atoms with Gasteiger partial charge in [0.15, 0.2) is 0 Å². The molecule has 1 aromatic rings. The van der Waals surface area contributed by atoms with Crippen molar-refractivity contribution in [3.05, 3.63) is 29.8 Å². The molecule has 0 saturated carbocycles. The molecule has 1 aromatic carbocycles. The quantitative estimate of drug-likeness (QED) is 0.723. The first-order chi connectivity index (χ1) is 12.6. The average Bonchev–Trinajstić information content (AvgIpc) is 2.87. The maximum absolute atomic E-state index is 12.6. The van der Waals surface area contributed by atoms with Crippen LogP contribution in [0.4, 0.5) is 0 Å². The number of ether oxygens (including phenoxy) is 2. The van der Waals surface area contributed by atoms with Crippen LogP contribution in [0.1, 0.15) is 39.2 Å². The number of nitrogens with zero attached hydrogens (tertiary/aromatic N) is 1. The van der Waals surface area contributed by atoms with E-state index in [0.29, 0.717) is 6.42 Å². The topological polar surface area (TPSA) is 96.3 Å². The van der Waals surface area contributed by atoms with E-state index in [1.807, 2.05) is 24.3 Å². The van der Waals surface area contributed by atoms with Crippen LogP contribution in [-0.4, -0.2) is 64.5 Å². The van der Waals surface area contributed by atoms with Crippen molar-refractivity contribution in [2.24, 2.45) is 0 Å². The molecule has 1 fully saturated rings. The van der Waals surface area contributed by atoms with Crippen LogP contribution in [0.5, 0.6) is 5.75 Å². The van der Waals surface area contributed by atoms with Crippen LogP contribution >= 0.6 is 0 Å². The standard InChI is InChI=1S/C20H29NO6/c1-20(2,3)27-18(24)10-9-17(23)21-12-16(22)19(25)15(21)11-13-5-7-14(26-4)8-6-13/h5-8,15-16,19,22,25H,9-12H2,1-4H3/t15-,16+,19+/m1/s1. The van der Waals surface area contributed by atoms with Crippen LogP contribution in [0.2, 0.25) is 0 Å². The molecule has 0 spiro atoms. The number of hydrogen-bond donors (Lipinski definition) is 2. The van der Waals surface area contributed by atoms with E-state index in [2.05, 4.69) is 0 Å². The molecule has 2 N–H and O–H groups in total. The second kappa shape index (κ2) is 8.71. The fourth-order valence-corrected chi connectivity index (χ4v) is 3.15. The number of esters is 1. The number of aliphatic hydroxyl groups excluding tert-OH is 2. The Balaban J connectivity index is 2.00. The average molecular weight is 379 g/mol. The Morgan fingerprint density at radius 3 is 2.33 bits per heavy atom. The molecule has 2 rings (SSSR count). The highest BCUT2D eigenvalue weighted by Gasteiger charge is 2.42. The van der Waals surface area contributed by atoms with Crippen LogP contribution in [-0.2, 0) is 20.7 Å². The molecule has 150 valence electrons. The first-order valence-electron chi connectivity index (χ1n) is 9.11. The zero-order chi connectivity index (χ0) is 20.2. The minimum absolute atomic E-state index is 0.0204. The third-order valence-corrected chi connectivity index (χ3v) is 4.46. The summed E-state index contributed by atoms with van der Waals surface area (Å²) in [5.74, 6) is -0.00568. The van der Waals surface area contributed by atoms with Gasteiger partial charge in [0.25, 0.3) is 0 Å². The van der Waals surface area contributed by atoms with Crippen molar-refractivity contribution < 1.29 is 29.3 Å². The van der Waals surface area contributed by atoms with Gasteiger partial charge in [-0.25, -0.2) is 0 Å². The number of benzene rings is 1. The van der Waals surface area contributed by atoms with Gasteiger partial charge in [-0.2, -0.15) is 0 Å². The normalized spacial score (nSPS) is 22.6. The van der Waals surface area contributed by atoms with Crippen molar-refractivity contribution in [3.63, 3.8) is 0 Å². The third-order valence-electron chi connectivity index (χ3n) is 4.46. The summed E-state index contributed by atoms with van der Waals surface area (Å²) in [6.07, 6.45) is -1.68. The zero-order valence-electron chi connectivity index (χ0n) is 16.3. The Kier molecular flexibility index (Phi) is 6.84. The fourth-order valence-electron chi connectivity index (χ4n) is 3.15. The molecule has 0 aromatic heterocycles. The van der Waals surface area contributed by atoms with E-state index < -0.39 is 29.8 Å². The lowest BCUT2D eigenvalue weighted by Crippen LogP contribution is -2.41. The van der Waals surface area contributed by atoms with E-state index in [4.69, 9.17) is 9.47 Å². The molecule has 3 atom stereocenters. The predicted octanol–water partition coefficient (Wildman–Crippen LogP) is 1.29. The van der Waals surface area contributed by atoms with Gasteiger partial charge in [0.05, 0.1) is 25.7 Å². The first-order valence-corrected chi connectivity index (χ1v) is 9.11. The Morgan fingerprint density at radius 1 is 1.15 bits per heavy atom. The highest BCUT2D eigenvalue weighted by Crippen LogP contribution is 2.24. The number of likely N-dealkylation sites (tertiary alicyclic amines) is 1. The van der Waals surface area contributed by atoms with Crippen LogP contribution in [0.15, 0.2) is 24.3 Å². The van der Waals surface area contributed by atoms with Crippen LogP contribution in [0.25, 0.3) is 0 Å². The molecule has 0 radical (unpaired) electrons. The fraction of sp³-hybridized carbons (Fsp3) is 0.600. The number of carbonyl (C=O) groups is 2. The zero-order valence-corrected chi connectivity index (χ0v) is 16.3.